The molecule has 0 bridgehead atoms. The number of methoxy groups -OCH3 is 1. The summed E-state index contributed by atoms with van der Waals surface area (Å²) in [7, 11) is 1.59. The van der Waals surface area contributed by atoms with E-state index in [9.17, 15) is 4.79 Å². The zero-order valence-corrected chi connectivity index (χ0v) is 10.2. The highest BCUT2D eigenvalue weighted by Gasteiger charge is 2.21. The van der Waals surface area contributed by atoms with E-state index in [1.165, 1.54) is 6.20 Å². The number of hydrogen-bond donors (Lipinski definition) is 1. The number of aromatic nitrogens is 2. The molecule has 1 aromatic heterocycles. The van der Waals surface area contributed by atoms with Crippen molar-refractivity contribution < 1.29 is 9.53 Å². The number of Topliss-reactive ketones (excluding diaryl/α,β-unsaturated/α-hetero) is 1. The van der Waals surface area contributed by atoms with Crippen LogP contribution in [0.15, 0.2) is 6.20 Å². The third-order valence-corrected chi connectivity index (χ3v) is 2.61. The fourth-order valence-electron chi connectivity index (χ4n) is 1.30. The van der Waals surface area contributed by atoms with Gasteiger partial charge in [-0.2, -0.15) is 5.10 Å². The first kappa shape index (κ1) is 13.2. The summed E-state index contributed by atoms with van der Waals surface area (Å²) in [6.45, 7) is 3.05. The van der Waals surface area contributed by atoms with Crippen molar-refractivity contribution in [3.05, 3.63) is 16.9 Å². The Morgan fingerprint density at radius 1 is 1.75 bits per heavy atom. The second-order valence-electron chi connectivity index (χ2n) is 3.56. The summed E-state index contributed by atoms with van der Waals surface area (Å²) in [4.78, 5) is 12.0. The number of halogens is 1. The minimum atomic E-state index is -0.254. The average molecular weight is 246 g/mol. The number of ketones is 1. The van der Waals surface area contributed by atoms with Crippen molar-refractivity contribution in [2.24, 2.45) is 11.7 Å². The number of nitrogens with two attached hydrogens (primary N) is 1. The van der Waals surface area contributed by atoms with Gasteiger partial charge in [-0.15, -0.1) is 0 Å². The molecule has 0 spiro atoms. The Labute approximate surface area is 99.5 Å². The molecule has 0 aliphatic heterocycles. The first-order chi connectivity index (χ1) is 7.61. The maximum atomic E-state index is 12.0. The first-order valence-electron chi connectivity index (χ1n) is 5.06. The lowest BCUT2D eigenvalue weighted by atomic mass is 10.0. The number of carbonyl (C=O) groups excluding carboxylic acids is 1. The monoisotopic (exact) mass is 245 g/mol. The lowest BCUT2D eigenvalue weighted by Gasteiger charge is -2.10. The zero-order chi connectivity index (χ0) is 12.1. The van der Waals surface area contributed by atoms with Crippen LogP contribution in [0.1, 0.15) is 17.4 Å². The molecule has 16 heavy (non-hydrogen) atoms. The molecule has 2 N–H and O–H groups in total. The summed E-state index contributed by atoms with van der Waals surface area (Å²) < 4.78 is 6.49. The van der Waals surface area contributed by atoms with Crippen LogP contribution in [0.2, 0.25) is 5.02 Å². The van der Waals surface area contributed by atoms with Crippen LogP contribution in [0.4, 0.5) is 0 Å². The quantitative estimate of drug-likeness (QED) is 0.758. The van der Waals surface area contributed by atoms with Crippen molar-refractivity contribution in [1.82, 2.24) is 9.78 Å². The molecule has 1 unspecified atom stereocenters. The highest BCUT2D eigenvalue weighted by atomic mass is 35.5. The lowest BCUT2D eigenvalue weighted by Crippen LogP contribution is -2.24. The third-order valence-electron chi connectivity index (χ3n) is 2.34. The molecule has 90 valence electrons. The van der Waals surface area contributed by atoms with Crippen molar-refractivity contribution in [3.63, 3.8) is 0 Å². The Kier molecular flexibility index (Phi) is 4.92. The third kappa shape index (κ3) is 2.81. The van der Waals surface area contributed by atoms with Gasteiger partial charge in [-0.1, -0.05) is 18.5 Å². The molecule has 0 amide bonds. The van der Waals surface area contributed by atoms with Crippen molar-refractivity contribution in [1.29, 1.82) is 0 Å². The molecule has 0 aliphatic carbocycles. The van der Waals surface area contributed by atoms with Gasteiger partial charge < -0.3 is 10.5 Å². The van der Waals surface area contributed by atoms with E-state index in [-0.39, 0.29) is 11.7 Å². The van der Waals surface area contributed by atoms with E-state index in [4.69, 9.17) is 22.1 Å². The van der Waals surface area contributed by atoms with Gasteiger partial charge in [0.25, 0.3) is 0 Å². The largest absolute Gasteiger partial charge is 0.383 e. The molecule has 0 aromatic carbocycles. The standard InChI is InChI=1S/C10H16ClN3O2/c1-7(5-12)10(15)9-8(11)6-13-14(9)3-4-16-2/h6-7H,3-5,12H2,1-2H3. The van der Waals surface area contributed by atoms with E-state index in [2.05, 4.69) is 5.10 Å². The van der Waals surface area contributed by atoms with Gasteiger partial charge in [0.1, 0.15) is 5.69 Å². The van der Waals surface area contributed by atoms with E-state index in [0.29, 0.717) is 30.4 Å². The highest BCUT2D eigenvalue weighted by molar-refractivity contribution is 6.33. The van der Waals surface area contributed by atoms with Gasteiger partial charge in [0, 0.05) is 19.6 Å². The Balaban J connectivity index is 2.92. The molecule has 1 rings (SSSR count). The summed E-state index contributed by atoms with van der Waals surface area (Å²) in [6, 6.07) is 0. The summed E-state index contributed by atoms with van der Waals surface area (Å²) in [6.07, 6.45) is 1.47. The van der Waals surface area contributed by atoms with Crippen LogP contribution in [0.3, 0.4) is 0 Å². The molecule has 0 saturated heterocycles. The predicted octanol–water partition coefficient (Wildman–Crippen LogP) is 0.960. The molecule has 6 heteroatoms. The maximum Gasteiger partial charge on any atom is 0.186 e. The molecule has 1 atom stereocenters. The van der Waals surface area contributed by atoms with E-state index in [1.807, 2.05) is 0 Å². The van der Waals surface area contributed by atoms with Crippen LogP contribution in [-0.4, -0.2) is 35.8 Å². The number of hydrogen-bond acceptors (Lipinski definition) is 4. The fourth-order valence-corrected chi connectivity index (χ4v) is 1.53. The number of nitrogens with zero attached hydrogens (tertiary/aromatic N) is 2. The molecule has 0 saturated carbocycles. The second kappa shape index (κ2) is 5.98. The van der Waals surface area contributed by atoms with Gasteiger partial charge in [-0.25, -0.2) is 0 Å². The average Bonchev–Trinajstić information content (AvgIpc) is 2.65. The molecular formula is C10H16ClN3O2. The Morgan fingerprint density at radius 2 is 2.44 bits per heavy atom. The molecule has 1 aromatic rings. The van der Waals surface area contributed by atoms with E-state index in [0.717, 1.165) is 0 Å². The molecule has 0 radical (unpaired) electrons. The lowest BCUT2D eigenvalue weighted by molar-refractivity contribution is 0.0920. The van der Waals surface area contributed by atoms with Crippen LogP contribution < -0.4 is 5.73 Å². The minimum absolute atomic E-state index is 0.0823. The van der Waals surface area contributed by atoms with Crippen LogP contribution in [-0.2, 0) is 11.3 Å². The van der Waals surface area contributed by atoms with Crippen LogP contribution in [0.5, 0.6) is 0 Å². The Bertz CT molecular complexity index is 365. The van der Waals surface area contributed by atoms with Crippen molar-refractivity contribution in [2.75, 3.05) is 20.3 Å². The summed E-state index contributed by atoms with van der Waals surface area (Å²) in [5.41, 5.74) is 5.87. The summed E-state index contributed by atoms with van der Waals surface area (Å²) in [5.74, 6) is -0.336. The Morgan fingerprint density at radius 3 is 3.00 bits per heavy atom. The molecule has 0 aliphatic rings. The molecule has 0 fully saturated rings. The van der Waals surface area contributed by atoms with Gasteiger partial charge in [-0.3, -0.25) is 9.48 Å². The van der Waals surface area contributed by atoms with E-state index in [1.54, 1.807) is 18.7 Å². The van der Waals surface area contributed by atoms with Crippen molar-refractivity contribution >= 4 is 17.4 Å². The van der Waals surface area contributed by atoms with Gasteiger partial charge in [-0.05, 0) is 0 Å². The second-order valence-corrected chi connectivity index (χ2v) is 3.97. The number of rotatable bonds is 6. The highest BCUT2D eigenvalue weighted by Crippen LogP contribution is 2.18. The van der Waals surface area contributed by atoms with Gasteiger partial charge in [0.15, 0.2) is 5.78 Å². The summed E-state index contributed by atoms with van der Waals surface area (Å²) >= 11 is 5.93. The number of ether oxygens (including phenoxy) is 1. The maximum absolute atomic E-state index is 12.0. The van der Waals surface area contributed by atoms with Gasteiger partial charge in [0.2, 0.25) is 0 Å². The SMILES string of the molecule is COCCn1ncc(Cl)c1C(=O)C(C)CN. The first-order valence-corrected chi connectivity index (χ1v) is 5.44. The van der Waals surface area contributed by atoms with Crippen molar-refractivity contribution in [2.45, 2.75) is 13.5 Å². The van der Waals surface area contributed by atoms with Gasteiger partial charge in [0.05, 0.1) is 24.4 Å². The van der Waals surface area contributed by atoms with Gasteiger partial charge >= 0.3 is 0 Å². The van der Waals surface area contributed by atoms with E-state index >= 15 is 0 Å². The van der Waals surface area contributed by atoms with Crippen LogP contribution in [0.25, 0.3) is 0 Å². The fraction of sp³-hybridized carbons (Fsp3) is 0.600. The smallest absolute Gasteiger partial charge is 0.186 e. The molecule has 1 heterocycles. The Hall–Kier alpha value is -0.910. The van der Waals surface area contributed by atoms with Crippen molar-refractivity contribution in [3.8, 4) is 0 Å². The summed E-state index contributed by atoms with van der Waals surface area (Å²) in [5, 5.41) is 4.40. The minimum Gasteiger partial charge on any atom is -0.383 e. The van der Waals surface area contributed by atoms with E-state index < -0.39 is 0 Å². The number of carbonyl (C=O) groups is 1. The topological polar surface area (TPSA) is 70.1 Å². The van der Waals surface area contributed by atoms with Crippen LogP contribution >= 0.6 is 11.6 Å². The predicted molar refractivity (Wildman–Crippen MR) is 61.7 cm³/mol. The molecular weight excluding hydrogens is 230 g/mol. The normalized spacial score (nSPS) is 12.8. The molecule has 5 nitrogen and oxygen atoms in total. The zero-order valence-electron chi connectivity index (χ0n) is 9.44. The van der Waals surface area contributed by atoms with Crippen LogP contribution in [0, 0.1) is 5.92 Å².